The van der Waals surface area contributed by atoms with Gasteiger partial charge in [-0.15, -0.1) is 0 Å². The van der Waals surface area contributed by atoms with Gasteiger partial charge in [0.1, 0.15) is 0 Å². The molecule has 0 aliphatic rings. The normalized spacial score (nSPS) is 10.5. The number of aromatic amines is 1. The maximum absolute atomic E-state index is 11.7. The van der Waals surface area contributed by atoms with E-state index < -0.39 is 13.0 Å². The fourth-order valence-electron chi connectivity index (χ4n) is 0.825. The van der Waals surface area contributed by atoms with Crippen molar-refractivity contribution in [3.8, 4) is 5.88 Å². The lowest BCUT2D eigenvalue weighted by Gasteiger charge is -2.06. The number of aryl methyl sites for hydroxylation is 1. The van der Waals surface area contributed by atoms with E-state index in [0.29, 0.717) is 5.56 Å². The Kier molecular flexibility index (Phi) is 3.00. The Balaban J connectivity index is 2.76. The number of hydrogen-bond acceptors (Lipinski definition) is 2. The van der Waals surface area contributed by atoms with Crippen LogP contribution < -0.4 is 10.3 Å². The number of ether oxygens (including phenoxy) is 1. The molecule has 13 heavy (non-hydrogen) atoms. The molecule has 1 N–H and O–H groups in total. The van der Waals surface area contributed by atoms with E-state index in [1.54, 1.807) is 6.92 Å². The summed E-state index contributed by atoms with van der Waals surface area (Å²) in [6.07, 6.45) is -2.54. The number of alkyl halides is 2. The van der Waals surface area contributed by atoms with Crippen molar-refractivity contribution in [2.75, 3.05) is 6.61 Å². The summed E-state index contributed by atoms with van der Waals surface area (Å²) in [5.74, 6) is 0.104. The van der Waals surface area contributed by atoms with E-state index in [-0.39, 0.29) is 11.4 Å². The highest BCUT2D eigenvalue weighted by atomic mass is 19.3. The summed E-state index contributed by atoms with van der Waals surface area (Å²) < 4.78 is 28.1. The Labute approximate surface area is 73.4 Å². The number of hydrogen-bond donors (Lipinski definition) is 1. The van der Waals surface area contributed by atoms with Crippen molar-refractivity contribution in [2.45, 2.75) is 13.3 Å². The van der Waals surface area contributed by atoms with Gasteiger partial charge in [0.15, 0.2) is 12.5 Å². The molecular weight excluding hydrogens is 180 g/mol. The average molecular weight is 189 g/mol. The second-order valence-electron chi connectivity index (χ2n) is 2.54. The summed E-state index contributed by atoms with van der Waals surface area (Å²) in [7, 11) is 0. The number of H-pyrrole nitrogens is 1. The largest absolute Gasteiger partial charge is 0.473 e. The maximum atomic E-state index is 11.7. The van der Waals surface area contributed by atoms with E-state index in [9.17, 15) is 13.6 Å². The highest BCUT2D eigenvalue weighted by Crippen LogP contribution is 2.10. The first-order chi connectivity index (χ1) is 6.09. The Morgan fingerprint density at radius 1 is 1.54 bits per heavy atom. The first kappa shape index (κ1) is 9.70. The summed E-state index contributed by atoms with van der Waals surface area (Å²) >= 11 is 0. The van der Waals surface area contributed by atoms with Crippen LogP contribution in [-0.2, 0) is 0 Å². The van der Waals surface area contributed by atoms with Gasteiger partial charge in [-0.2, -0.15) is 0 Å². The SMILES string of the molecule is Cc1ccc(=O)[nH]c1OCC(F)F. The van der Waals surface area contributed by atoms with Crippen LogP contribution in [0.3, 0.4) is 0 Å². The van der Waals surface area contributed by atoms with Gasteiger partial charge in [0, 0.05) is 11.6 Å². The smallest absolute Gasteiger partial charge is 0.272 e. The molecule has 0 saturated carbocycles. The van der Waals surface area contributed by atoms with Gasteiger partial charge >= 0.3 is 0 Å². The quantitative estimate of drug-likeness (QED) is 0.779. The molecule has 0 spiro atoms. The lowest BCUT2D eigenvalue weighted by Crippen LogP contribution is -2.12. The van der Waals surface area contributed by atoms with E-state index >= 15 is 0 Å². The van der Waals surface area contributed by atoms with Gasteiger partial charge in [-0.3, -0.25) is 9.78 Å². The molecule has 0 aromatic carbocycles. The Bertz CT molecular complexity index is 335. The van der Waals surface area contributed by atoms with Crippen LogP contribution in [0.2, 0.25) is 0 Å². The monoisotopic (exact) mass is 189 g/mol. The standard InChI is InChI=1S/C8H9F2NO2/c1-5-2-3-7(12)11-8(5)13-4-6(9)10/h2-3,6H,4H2,1H3,(H,11,12). The molecule has 72 valence electrons. The summed E-state index contributed by atoms with van der Waals surface area (Å²) in [5.41, 5.74) is 0.259. The van der Waals surface area contributed by atoms with Crippen molar-refractivity contribution in [1.82, 2.24) is 4.98 Å². The van der Waals surface area contributed by atoms with Gasteiger partial charge in [0.05, 0.1) is 0 Å². The van der Waals surface area contributed by atoms with Crippen molar-refractivity contribution in [3.05, 3.63) is 28.0 Å². The van der Waals surface area contributed by atoms with Crippen LogP contribution >= 0.6 is 0 Å². The van der Waals surface area contributed by atoms with E-state index in [4.69, 9.17) is 0 Å². The first-order valence-corrected chi connectivity index (χ1v) is 3.70. The third-order valence-electron chi connectivity index (χ3n) is 1.43. The summed E-state index contributed by atoms with van der Waals surface area (Å²) in [6, 6.07) is 2.82. The average Bonchev–Trinajstić information content (AvgIpc) is 2.06. The zero-order chi connectivity index (χ0) is 9.84. The third-order valence-corrected chi connectivity index (χ3v) is 1.43. The fraction of sp³-hybridized carbons (Fsp3) is 0.375. The van der Waals surface area contributed by atoms with Gasteiger partial charge in [-0.1, -0.05) is 0 Å². The maximum Gasteiger partial charge on any atom is 0.272 e. The predicted octanol–water partition coefficient (Wildman–Crippen LogP) is 1.33. The summed E-state index contributed by atoms with van der Waals surface area (Å²) in [6.45, 7) is 0.956. The number of rotatable bonds is 3. The second kappa shape index (κ2) is 4.02. The van der Waals surface area contributed by atoms with Crippen LogP contribution in [0.15, 0.2) is 16.9 Å². The van der Waals surface area contributed by atoms with Crippen molar-refractivity contribution in [1.29, 1.82) is 0 Å². The lowest BCUT2D eigenvalue weighted by molar-refractivity contribution is 0.0791. The molecule has 1 rings (SSSR count). The zero-order valence-corrected chi connectivity index (χ0v) is 7.01. The topological polar surface area (TPSA) is 42.1 Å². The molecule has 1 aromatic rings. The fourth-order valence-corrected chi connectivity index (χ4v) is 0.825. The molecule has 0 fully saturated rings. The predicted molar refractivity (Wildman–Crippen MR) is 43.3 cm³/mol. The van der Waals surface area contributed by atoms with Crippen LogP contribution in [0.25, 0.3) is 0 Å². The van der Waals surface area contributed by atoms with Crippen molar-refractivity contribution in [3.63, 3.8) is 0 Å². The molecule has 0 unspecified atom stereocenters. The number of pyridine rings is 1. The molecule has 0 bridgehead atoms. The molecule has 0 saturated heterocycles. The molecule has 0 amide bonds. The molecule has 1 aromatic heterocycles. The molecule has 0 aliphatic carbocycles. The summed E-state index contributed by atoms with van der Waals surface area (Å²) in [5, 5.41) is 0. The van der Waals surface area contributed by atoms with E-state index in [0.717, 1.165) is 0 Å². The van der Waals surface area contributed by atoms with Crippen LogP contribution in [0.4, 0.5) is 8.78 Å². The van der Waals surface area contributed by atoms with Crippen molar-refractivity contribution >= 4 is 0 Å². The highest BCUT2D eigenvalue weighted by molar-refractivity contribution is 5.23. The zero-order valence-electron chi connectivity index (χ0n) is 7.01. The van der Waals surface area contributed by atoms with Gasteiger partial charge in [0.25, 0.3) is 12.0 Å². The van der Waals surface area contributed by atoms with Gasteiger partial charge < -0.3 is 4.74 Å². The van der Waals surface area contributed by atoms with Crippen LogP contribution in [0, 0.1) is 6.92 Å². The number of aromatic nitrogens is 1. The minimum atomic E-state index is -2.54. The van der Waals surface area contributed by atoms with Gasteiger partial charge in [0.2, 0.25) is 0 Å². The van der Waals surface area contributed by atoms with Crippen LogP contribution in [0.1, 0.15) is 5.56 Å². The minimum Gasteiger partial charge on any atom is -0.473 e. The summed E-state index contributed by atoms with van der Waals surface area (Å²) in [4.78, 5) is 13.1. The van der Waals surface area contributed by atoms with Crippen LogP contribution in [-0.4, -0.2) is 18.0 Å². The molecule has 1 heterocycles. The third kappa shape index (κ3) is 2.85. The van der Waals surface area contributed by atoms with Crippen molar-refractivity contribution in [2.24, 2.45) is 0 Å². The molecule has 3 nitrogen and oxygen atoms in total. The molecule has 0 radical (unpaired) electrons. The molecule has 0 atom stereocenters. The lowest BCUT2D eigenvalue weighted by atomic mass is 10.3. The van der Waals surface area contributed by atoms with Crippen LogP contribution in [0.5, 0.6) is 5.88 Å². The number of halogens is 2. The molecule has 0 aliphatic heterocycles. The van der Waals surface area contributed by atoms with Gasteiger partial charge in [-0.05, 0) is 13.0 Å². The van der Waals surface area contributed by atoms with E-state index in [1.807, 2.05) is 0 Å². The highest BCUT2D eigenvalue weighted by Gasteiger charge is 2.05. The first-order valence-electron chi connectivity index (χ1n) is 3.70. The Hall–Kier alpha value is -1.39. The second-order valence-corrected chi connectivity index (χ2v) is 2.54. The molecular formula is C8H9F2NO2. The van der Waals surface area contributed by atoms with Crippen molar-refractivity contribution < 1.29 is 13.5 Å². The minimum absolute atomic E-state index is 0.104. The Morgan fingerprint density at radius 2 is 2.23 bits per heavy atom. The van der Waals surface area contributed by atoms with E-state index in [1.165, 1.54) is 12.1 Å². The molecule has 5 heteroatoms. The van der Waals surface area contributed by atoms with Gasteiger partial charge in [-0.25, -0.2) is 8.78 Å². The Morgan fingerprint density at radius 3 is 2.85 bits per heavy atom. The number of nitrogens with one attached hydrogen (secondary N) is 1. The van der Waals surface area contributed by atoms with E-state index in [2.05, 4.69) is 9.72 Å².